The number of amides is 1. The Morgan fingerprint density at radius 2 is 2.08 bits per heavy atom. The van der Waals surface area contributed by atoms with Gasteiger partial charge in [-0.1, -0.05) is 32.0 Å². The molecule has 1 aromatic carbocycles. The lowest BCUT2D eigenvalue weighted by atomic mass is 9.97. The van der Waals surface area contributed by atoms with Crippen LogP contribution in [0.3, 0.4) is 0 Å². The lowest BCUT2D eigenvalue weighted by Gasteiger charge is -2.15. The fourth-order valence-electron chi connectivity index (χ4n) is 2.56. The van der Waals surface area contributed by atoms with Gasteiger partial charge in [-0.25, -0.2) is 4.98 Å². The molecular formula is C19H20N2OS2. The highest BCUT2D eigenvalue weighted by molar-refractivity contribution is 7.17. The number of hydrogen-bond donors (Lipinski definition) is 1. The number of anilines is 1. The summed E-state index contributed by atoms with van der Waals surface area (Å²) in [5, 5.41) is 8.05. The first-order chi connectivity index (χ1) is 11.6. The Bertz CT molecular complexity index is 837. The Morgan fingerprint density at radius 1 is 1.29 bits per heavy atom. The first-order valence-electron chi connectivity index (χ1n) is 8.00. The van der Waals surface area contributed by atoms with Gasteiger partial charge in [0.15, 0.2) is 0 Å². The van der Waals surface area contributed by atoms with E-state index >= 15 is 0 Å². The summed E-state index contributed by atoms with van der Waals surface area (Å²) in [7, 11) is 0. The largest absolute Gasteiger partial charge is 0.321 e. The third kappa shape index (κ3) is 3.42. The summed E-state index contributed by atoms with van der Waals surface area (Å²) >= 11 is 3.08. The number of nitrogens with zero attached hydrogens (tertiary/aromatic N) is 1. The van der Waals surface area contributed by atoms with Crippen molar-refractivity contribution in [2.75, 3.05) is 5.32 Å². The second-order valence-electron chi connectivity index (χ2n) is 5.80. The Balaban J connectivity index is 1.86. The molecule has 2 heterocycles. The molecule has 0 saturated heterocycles. The number of aryl methyl sites for hydroxylation is 1. The summed E-state index contributed by atoms with van der Waals surface area (Å²) < 4.78 is 0. The van der Waals surface area contributed by atoms with Gasteiger partial charge in [0.1, 0.15) is 9.88 Å². The first kappa shape index (κ1) is 16.9. The van der Waals surface area contributed by atoms with Crippen molar-refractivity contribution in [3.63, 3.8) is 0 Å². The Kier molecular flexibility index (Phi) is 5.11. The molecule has 0 aliphatic heterocycles. The van der Waals surface area contributed by atoms with Gasteiger partial charge in [-0.3, -0.25) is 4.79 Å². The molecule has 24 heavy (non-hydrogen) atoms. The fourth-order valence-corrected chi connectivity index (χ4v) is 4.23. The third-order valence-electron chi connectivity index (χ3n) is 4.12. The number of para-hydroxylation sites is 1. The molecule has 0 aliphatic carbocycles. The molecule has 0 saturated carbocycles. The van der Waals surface area contributed by atoms with Crippen LogP contribution in [0.2, 0.25) is 0 Å². The van der Waals surface area contributed by atoms with Crippen LogP contribution in [0.25, 0.3) is 10.6 Å². The van der Waals surface area contributed by atoms with Gasteiger partial charge in [-0.15, -0.1) is 11.3 Å². The van der Waals surface area contributed by atoms with E-state index in [0.717, 1.165) is 28.4 Å². The van der Waals surface area contributed by atoms with Gasteiger partial charge in [0.2, 0.25) is 0 Å². The molecule has 0 bridgehead atoms. The smallest absolute Gasteiger partial charge is 0.267 e. The normalized spacial score (nSPS) is 12.1. The lowest BCUT2D eigenvalue weighted by molar-refractivity contribution is 0.102. The predicted octanol–water partition coefficient (Wildman–Crippen LogP) is 5.95. The number of benzene rings is 1. The van der Waals surface area contributed by atoms with Crippen molar-refractivity contribution < 1.29 is 4.79 Å². The van der Waals surface area contributed by atoms with E-state index in [9.17, 15) is 4.79 Å². The number of rotatable bonds is 5. The summed E-state index contributed by atoms with van der Waals surface area (Å²) in [5.74, 6) is 0.327. The predicted molar refractivity (Wildman–Crippen MR) is 103 cm³/mol. The average Bonchev–Trinajstić information content (AvgIpc) is 3.24. The maximum absolute atomic E-state index is 12.7. The van der Waals surface area contributed by atoms with Gasteiger partial charge in [0.05, 0.1) is 5.69 Å². The maximum atomic E-state index is 12.7. The number of carbonyl (C=O) groups excluding carboxylic acids is 1. The van der Waals surface area contributed by atoms with E-state index in [4.69, 9.17) is 0 Å². The van der Waals surface area contributed by atoms with Gasteiger partial charge < -0.3 is 5.32 Å². The van der Waals surface area contributed by atoms with Crippen LogP contribution in [0.4, 0.5) is 5.69 Å². The van der Waals surface area contributed by atoms with Crippen LogP contribution in [0, 0.1) is 6.92 Å². The molecule has 0 radical (unpaired) electrons. The quantitative estimate of drug-likeness (QED) is 0.614. The van der Waals surface area contributed by atoms with E-state index in [1.165, 1.54) is 16.9 Å². The minimum atomic E-state index is -0.0813. The molecule has 0 spiro atoms. The number of aromatic nitrogens is 1. The van der Waals surface area contributed by atoms with Crippen molar-refractivity contribution in [2.45, 2.75) is 33.1 Å². The van der Waals surface area contributed by atoms with Crippen LogP contribution >= 0.6 is 22.7 Å². The number of carbonyl (C=O) groups is 1. The van der Waals surface area contributed by atoms with E-state index in [0.29, 0.717) is 10.8 Å². The third-order valence-corrected chi connectivity index (χ3v) is 6.01. The van der Waals surface area contributed by atoms with Crippen molar-refractivity contribution in [3.8, 4) is 10.6 Å². The zero-order valence-corrected chi connectivity index (χ0v) is 15.6. The van der Waals surface area contributed by atoms with Gasteiger partial charge in [0, 0.05) is 16.6 Å². The van der Waals surface area contributed by atoms with Crippen molar-refractivity contribution >= 4 is 34.3 Å². The summed E-state index contributed by atoms with van der Waals surface area (Å²) in [5.41, 5.74) is 3.92. The molecule has 5 heteroatoms. The fraction of sp³-hybridized carbons (Fsp3) is 0.263. The van der Waals surface area contributed by atoms with Gasteiger partial charge in [-0.05, 0) is 42.3 Å². The van der Waals surface area contributed by atoms with Crippen LogP contribution in [0.5, 0.6) is 0 Å². The topological polar surface area (TPSA) is 42.0 Å². The van der Waals surface area contributed by atoms with Crippen molar-refractivity contribution in [1.82, 2.24) is 4.98 Å². The minimum Gasteiger partial charge on any atom is -0.321 e. The second kappa shape index (κ2) is 7.28. The van der Waals surface area contributed by atoms with Crippen LogP contribution in [-0.4, -0.2) is 10.9 Å². The summed E-state index contributed by atoms with van der Waals surface area (Å²) in [6.07, 6.45) is 1.04. The summed E-state index contributed by atoms with van der Waals surface area (Å²) in [6.45, 7) is 6.23. The van der Waals surface area contributed by atoms with Crippen molar-refractivity contribution in [3.05, 3.63) is 57.2 Å². The Morgan fingerprint density at radius 3 is 2.79 bits per heavy atom. The summed E-state index contributed by atoms with van der Waals surface area (Å²) in [6, 6.07) is 10.1. The van der Waals surface area contributed by atoms with E-state index in [1.54, 1.807) is 11.3 Å². The van der Waals surface area contributed by atoms with E-state index in [-0.39, 0.29) is 5.91 Å². The molecule has 0 aliphatic rings. The SMILES string of the molecule is CCC(C)c1ccccc1NC(=O)c1sc(-c2ccsc2)nc1C. The molecule has 3 aromatic rings. The van der Waals surface area contributed by atoms with Crippen LogP contribution in [-0.2, 0) is 0 Å². The number of thiazole rings is 1. The highest BCUT2D eigenvalue weighted by atomic mass is 32.1. The molecule has 3 nitrogen and oxygen atoms in total. The van der Waals surface area contributed by atoms with E-state index in [1.807, 2.05) is 36.6 Å². The van der Waals surface area contributed by atoms with E-state index in [2.05, 4.69) is 35.6 Å². The molecule has 2 aromatic heterocycles. The zero-order chi connectivity index (χ0) is 17.1. The molecular weight excluding hydrogens is 336 g/mol. The maximum Gasteiger partial charge on any atom is 0.267 e. The van der Waals surface area contributed by atoms with Crippen molar-refractivity contribution in [2.24, 2.45) is 0 Å². The van der Waals surface area contributed by atoms with E-state index < -0.39 is 0 Å². The van der Waals surface area contributed by atoms with Crippen LogP contribution in [0.1, 0.15) is 47.1 Å². The number of hydrogen-bond acceptors (Lipinski definition) is 4. The molecule has 124 valence electrons. The molecule has 1 amide bonds. The Labute approximate surface area is 150 Å². The molecule has 0 fully saturated rings. The monoisotopic (exact) mass is 356 g/mol. The number of thiophene rings is 1. The average molecular weight is 357 g/mol. The minimum absolute atomic E-state index is 0.0813. The second-order valence-corrected chi connectivity index (χ2v) is 7.58. The Hall–Kier alpha value is -1.98. The van der Waals surface area contributed by atoms with Crippen molar-refractivity contribution in [1.29, 1.82) is 0 Å². The van der Waals surface area contributed by atoms with Gasteiger partial charge in [0.25, 0.3) is 5.91 Å². The zero-order valence-electron chi connectivity index (χ0n) is 14.0. The van der Waals surface area contributed by atoms with Gasteiger partial charge in [-0.2, -0.15) is 11.3 Å². The highest BCUT2D eigenvalue weighted by Crippen LogP contribution is 2.31. The molecule has 3 rings (SSSR count). The van der Waals surface area contributed by atoms with Crippen LogP contribution < -0.4 is 5.32 Å². The van der Waals surface area contributed by atoms with Gasteiger partial charge >= 0.3 is 0 Å². The lowest BCUT2D eigenvalue weighted by Crippen LogP contribution is -2.13. The highest BCUT2D eigenvalue weighted by Gasteiger charge is 2.18. The van der Waals surface area contributed by atoms with Crippen LogP contribution in [0.15, 0.2) is 41.1 Å². The molecule has 1 atom stereocenters. The molecule has 1 N–H and O–H groups in total. The first-order valence-corrected chi connectivity index (χ1v) is 9.76. The summed E-state index contributed by atoms with van der Waals surface area (Å²) in [4.78, 5) is 18.0. The number of nitrogens with one attached hydrogen (secondary N) is 1. The standard InChI is InChI=1S/C19H20N2OS2/c1-4-12(2)15-7-5-6-8-16(15)21-18(22)17-13(3)20-19(24-17)14-9-10-23-11-14/h5-12H,4H2,1-3H3,(H,21,22). The molecule has 1 unspecified atom stereocenters.